The molecule has 0 saturated heterocycles. The van der Waals surface area contributed by atoms with E-state index < -0.39 is 0 Å². The Labute approximate surface area is 78.6 Å². The lowest BCUT2D eigenvalue weighted by Gasteiger charge is -1.99. The Hall–Kier alpha value is -2.13. The molecule has 2 rings (SSSR count). The SMILES string of the molecule is [N-]=[N+]=Nc1ccnc2cc(F)ccc12. The number of benzene rings is 1. The second-order valence-electron chi connectivity index (χ2n) is 2.68. The van der Waals surface area contributed by atoms with Gasteiger partial charge in [-0.15, -0.1) is 0 Å². The van der Waals surface area contributed by atoms with Crippen LogP contribution in [0.25, 0.3) is 21.3 Å². The van der Waals surface area contributed by atoms with Crippen molar-refractivity contribution in [2.75, 3.05) is 0 Å². The Morgan fingerprint density at radius 1 is 1.36 bits per heavy atom. The number of azide groups is 1. The topological polar surface area (TPSA) is 61.7 Å². The van der Waals surface area contributed by atoms with Gasteiger partial charge in [0.15, 0.2) is 0 Å². The van der Waals surface area contributed by atoms with E-state index in [1.807, 2.05) is 0 Å². The molecule has 0 radical (unpaired) electrons. The van der Waals surface area contributed by atoms with Crippen LogP contribution in [-0.2, 0) is 0 Å². The average molecular weight is 188 g/mol. The van der Waals surface area contributed by atoms with Gasteiger partial charge in [-0.25, -0.2) is 4.39 Å². The summed E-state index contributed by atoms with van der Waals surface area (Å²) in [5.74, 6) is -0.358. The smallest absolute Gasteiger partial charge is 0.125 e. The molecule has 68 valence electrons. The number of hydrogen-bond acceptors (Lipinski definition) is 2. The number of aromatic nitrogens is 1. The van der Waals surface area contributed by atoms with Crippen LogP contribution in [0.2, 0.25) is 0 Å². The van der Waals surface area contributed by atoms with E-state index in [9.17, 15) is 4.39 Å². The highest BCUT2D eigenvalue weighted by molar-refractivity contribution is 5.89. The van der Waals surface area contributed by atoms with Crippen LogP contribution in [0.4, 0.5) is 10.1 Å². The highest BCUT2D eigenvalue weighted by atomic mass is 19.1. The van der Waals surface area contributed by atoms with E-state index >= 15 is 0 Å². The van der Waals surface area contributed by atoms with Crippen LogP contribution in [-0.4, -0.2) is 4.98 Å². The molecule has 0 aliphatic rings. The van der Waals surface area contributed by atoms with Crippen molar-refractivity contribution in [1.29, 1.82) is 0 Å². The minimum Gasteiger partial charge on any atom is -0.256 e. The number of halogens is 1. The van der Waals surface area contributed by atoms with Gasteiger partial charge in [-0.2, -0.15) is 0 Å². The molecular formula is C9H5FN4. The summed E-state index contributed by atoms with van der Waals surface area (Å²) in [5.41, 5.74) is 9.24. The fraction of sp³-hybridized carbons (Fsp3) is 0. The van der Waals surface area contributed by atoms with Crippen LogP contribution >= 0.6 is 0 Å². The molecule has 1 heterocycles. The van der Waals surface area contributed by atoms with E-state index in [2.05, 4.69) is 15.0 Å². The average Bonchev–Trinajstić information content (AvgIpc) is 2.18. The Morgan fingerprint density at radius 3 is 3.00 bits per heavy atom. The summed E-state index contributed by atoms with van der Waals surface area (Å²) < 4.78 is 12.8. The van der Waals surface area contributed by atoms with E-state index in [4.69, 9.17) is 5.53 Å². The predicted molar refractivity (Wildman–Crippen MR) is 50.5 cm³/mol. The molecule has 14 heavy (non-hydrogen) atoms. The third-order valence-electron chi connectivity index (χ3n) is 1.83. The molecule has 5 heteroatoms. The summed E-state index contributed by atoms with van der Waals surface area (Å²) in [6.45, 7) is 0. The van der Waals surface area contributed by atoms with E-state index in [0.29, 0.717) is 16.6 Å². The molecule has 0 spiro atoms. The first kappa shape index (κ1) is 8.47. The number of fused-ring (bicyclic) bond motifs is 1. The van der Waals surface area contributed by atoms with E-state index in [0.717, 1.165) is 0 Å². The molecule has 0 fully saturated rings. The minimum atomic E-state index is -0.358. The van der Waals surface area contributed by atoms with Gasteiger partial charge in [-0.05, 0) is 23.7 Å². The van der Waals surface area contributed by atoms with Gasteiger partial charge in [0.1, 0.15) is 5.82 Å². The summed E-state index contributed by atoms with van der Waals surface area (Å²) in [5, 5.41) is 4.13. The molecule has 0 amide bonds. The van der Waals surface area contributed by atoms with Gasteiger partial charge in [0.25, 0.3) is 0 Å². The lowest BCUT2D eigenvalue weighted by molar-refractivity contribution is 0.629. The molecule has 0 N–H and O–H groups in total. The summed E-state index contributed by atoms with van der Waals surface area (Å²) in [4.78, 5) is 6.64. The van der Waals surface area contributed by atoms with Crippen molar-refractivity contribution in [3.05, 3.63) is 46.7 Å². The molecule has 1 aromatic carbocycles. The first-order chi connectivity index (χ1) is 6.81. The van der Waals surface area contributed by atoms with E-state index in [1.165, 1.54) is 18.3 Å². The van der Waals surface area contributed by atoms with Crippen LogP contribution in [0, 0.1) is 5.82 Å². The third kappa shape index (κ3) is 1.36. The maximum Gasteiger partial charge on any atom is 0.125 e. The molecule has 0 aliphatic heterocycles. The lowest BCUT2D eigenvalue weighted by Crippen LogP contribution is -1.80. The summed E-state index contributed by atoms with van der Waals surface area (Å²) in [6, 6.07) is 5.73. The predicted octanol–water partition coefficient (Wildman–Crippen LogP) is 3.32. The minimum absolute atomic E-state index is 0.358. The number of nitrogens with zero attached hydrogens (tertiary/aromatic N) is 4. The second kappa shape index (κ2) is 3.32. The Bertz CT molecular complexity index is 531. The zero-order valence-corrected chi connectivity index (χ0v) is 7.05. The van der Waals surface area contributed by atoms with Crippen molar-refractivity contribution in [2.24, 2.45) is 5.11 Å². The molecule has 0 saturated carbocycles. The van der Waals surface area contributed by atoms with Crippen LogP contribution in [0.15, 0.2) is 35.6 Å². The quantitative estimate of drug-likeness (QED) is 0.384. The van der Waals surface area contributed by atoms with Gasteiger partial charge in [0, 0.05) is 28.2 Å². The monoisotopic (exact) mass is 188 g/mol. The highest BCUT2D eigenvalue weighted by Gasteiger charge is 2.00. The first-order valence-corrected chi connectivity index (χ1v) is 3.90. The fourth-order valence-corrected chi connectivity index (χ4v) is 1.24. The maximum absolute atomic E-state index is 12.8. The van der Waals surface area contributed by atoms with Crippen LogP contribution < -0.4 is 0 Å². The molecule has 2 aromatic rings. The Balaban J connectivity index is 2.81. The molecule has 0 unspecified atom stereocenters. The van der Waals surface area contributed by atoms with Gasteiger partial charge in [-0.3, -0.25) is 4.98 Å². The summed E-state index contributed by atoms with van der Waals surface area (Å²) >= 11 is 0. The molecule has 1 aromatic heterocycles. The summed E-state index contributed by atoms with van der Waals surface area (Å²) in [7, 11) is 0. The molecule has 4 nitrogen and oxygen atoms in total. The Kier molecular flexibility index (Phi) is 2.01. The van der Waals surface area contributed by atoms with Crippen molar-refractivity contribution in [2.45, 2.75) is 0 Å². The van der Waals surface area contributed by atoms with Gasteiger partial charge < -0.3 is 0 Å². The molecule has 0 atom stereocenters. The number of rotatable bonds is 1. The lowest BCUT2D eigenvalue weighted by atomic mass is 10.2. The van der Waals surface area contributed by atoms with Gasteiger partial charge >= 0.3 is 0 Å². The van der Waals surface area contributed by atoms with Crippen molar-refractivity contribution >= 4 is 16.6 Å². The maximum atomic E-state index is 12.8. The van der Waals surface area contributed by atoms with Crippen molar-refractivity contribution in [3.8, 4) is 0 Å². The third-order valence-corrected chi connectivity index (χ3v) is 1.83. The van der Waals surface area contributed by atoms with Crippen molar-refractivity contribution in [3.63, 3.8) is 0 Å². The molecular weight excluding hydrogens is 183 g/mol. The van der Waals surface area contributed by atoms with Crippen LogP contribution in [0.1, 0.15) is 0 Å². The standard InChI is InChI=1S/C9H5FN4/c10-6-1-2-7-8(13-14-11)3-4-12-9(7)5-6/h1-5H. The number of pyridine rings is 1. The zero-order valence-electron chi connectivity index (χ0n) is 7.05. The second-order valence-corrected chi connectivity index (χ2v) is 2.68. The van der Waals surface area contributed by atoms with Crippen LogP contribution in [0.5, 0.6) is 0 Å². The van der Waals surface area contributed by atoms with E-state index in [1.54, 1.807) is 12.1 Å². The van der Waals surface area contributed by atoms with Crippen molar-refractivity contribution in [1.82, 2.24) is 4.98 Å². The molecule has 0 bridgehead atoms. The summed E-state index contributed by atoms with van der Waals surface area (Å²) in [6.07, 6.45) is 1.48. The first-order valence-electron chi connectivity index (χ1n) is 3.90. The van der Waals surface area contributed by atoms with Gasteiger partial charge in [0.2, 0.25) is 0 Å². The largest absolute Gasteiger partial charge is 0.256 e. The van der Waals surface area contributed by atoms with Gasteiger partial charge in [-0.1, -0.05) is 5.11 Å². The Morgan fingerprint density at radius 2 is 2.21 bits per heavy atom. The highest BCUT2D eigenvalue weighted by Crippen LogP contribution is 2.24. The zero-order chi connectivity index (χ0) is 9.97. The normalized spacial score (nSPS) is 9.79. The van der Waals surface area contributed by atoms with Crippen LogP contribution in [0.3, 0.4) is 0 Å². The van der Waals surface area contributed by atoms with Crippen molar-refractivity contribution < 1.29 is 4.39 Å². The van der Waals surface area contributed by atoms with Gasteiger partial charge in [0.05, 0.1) is 5.52 Å². The van der Waals surface area contributed by atoms with E-state index in [-0.39, 0.29) is 5.82 Å². The molecule has 0 aliphatic carbocycles. The fourth-order valence-electron chi connectivity index (χ4n) is 1.24. The number of hydrogen-bond donors (Lipinski definition) is 0.